The van der Waals surface area contributed by atoms with Gasteiger partial charge in [0, 0.05) is 16.7 Å². The predicted octanol–water partition coefficient (Wildman–Crippen LogP) is 2.09. The Morgan fingerprint density at radius 1 is 1.19 bits per heavy atom. The molecule has 0 amide bonds. The van der Waals surface area contributed by atoms with E-state index in [-0.39, 0.29) is 0 Å². The molecule has 0 fully saturated rings. The lowest BCUT2D eigenvalue weighted by molar-refractivity contribution is 0.311. The fourth-order valence-electron chi connectivity index (χ4n) is 1.35. The van der Waals surface area contributed by atoms with Gasteiger partial charge in [-0.15, -0.1) is 0 Å². The van der Waals surface area contributed by atoms with E-state index in [1.807, 2.05) is 0 Å². The number of rotatable bonds is 6. The number of benzene rings is 1. The van der Waals surface area contributed by atoms with Crippen molar-refractivity contribution in [2.75, 3.05) is 12.4 Å². The number of sulfone groups is 1. The van der Waals surface area contributed by atoms with Crippen LogP contribution in [0.3, 0.4) is 0 Å². The van der Waals surface area contributed by atoms with Gasteiger partial charge in [0.25, 0.3) is 9.05 Å². The van der Waals surface area contributed by atoms with Crippen LogP contribution in [-0.4, -0.2) is 34.4 Å². The van der Waals surface area contributed by atoms with Crippen LogP contribution < -0.4 is 4.74 Å². The van der Waals surface area contributed by atoms with Gasteiger partial charge in [-0.25, -0.2) is 25.6 Å². The maximum absolute atomic E-state index is 13.6. The van der Waals surface area contributed by atoms with Gasteiger partial charge in [-0.05, 0) is 19.9 Å². The van der Waals surface area contributed by atoms with Crippen LogP contribution in [0, 0.1) is 11.6 Å². The topological polar surface area (TPSA) is 77.5 Å². The normalized spacial score (nSPS) is 12.7. The SMILES string of the molecule is CC(C)S(=O)(=O)CCOc1c(F)cc(F)cc1S(=O)(=O)Cl. The minimum Gasteiger partial charge on any atom is -0.488 e. The summed E-state index contributed by atoms with van der Waals surface area (Å²) in [5.41, 5.74) is 0. The maximum atomic E-state index is 13.6. The Morgan fingerprint density at radius 3 is 2.24 bits per heavy atom. The van der Waals surface area contributed by atoms with Crippen molar-refractivity contribution in [3.8, 4) is 5.75 Å². The molecular weight excluding hydrogens is 350 g/mol. The van der Waals surface area contributed by atoms with Crippen molar-refractivity contribution in [3.63, 3.8) is 0 Å². The minimum absolute atomic E-state index is 0.415. The van der Waals surface area contributed by atoms with Gasteiger partial charge in [-0.3, -0.25) is 0 Å². The third kappa shape index (κ3) is 4.79. The molecule has 0 bridgehead atoms. The van der Waals surface area contributed by atoms with Crippen LogP contribution in [0.5, 0.6) is 5.75 Å². The highest BCUT2D eigenvalue weighted by Gasteiger charge is 2.23. The first-order valence-corrected chi connectivity index (χ1v) is 9.75. The number of ether oxygens (including phenoxy) is 1. The molecule has 0 unspecified atom stereocenters. The summed E-state index contributed by atoms with van der Waals surface area (Å²) < 4.78 is 77.1. The molecule has 0 aliphatic rings. The highest BCUT2D eigenvalue weighted by Crippen LogP contribution is 2.30. The molecule has 0 saturated heterocycles. The zero-order valence-electron chi connectivity index (χ0n) is 11.1. The van der Waals surface area contributed by atoms with Crippen molar-refractivity contribution in [2.24, 2.45) is 0 Å². The zero-order valence-corrected chi connectivity index (χ0v) is 13.5. The molecule has 1 aromatic rings. The lowest BCUT2D eigenvalue weighted by Crippen LogP contribution is -2.22. The van der Waals surface area contributed by atoms with Gasteiger partial charge in [0.1, 0.15) is 17.3 Å². The third-order valence-corrected chi connectivity index (χ3v) is 6.07. The Hall–Kier alpha value is -0.930. The van der Waals surface area contributed by atoms with Crippen LogP contribution in [0.15, 0.2) is 17.0 Å². The van der Waals surface area contributed by atoms with Gasteiger partial charge in [0.2, 0.25) is 0 Å². The zero-order chi connectivity index (χ0) is 16.4. The minimum atomic E-state index is -4.44. The average Bonchev–Trinajstić information content (AvgIpc) is 2.29. The monoisotopic (exact) mass is 362 g/mol. The summed E-state index contributed by atoms with van der Waals surface area (Å²) in [4.78, 5) is -0.886. The summed E-state index contributed by atoms with van der Waals surface area (Å²) in [6.45, 7) is 2.44. The van der Waals surface area contributed by atoms with Gasteiger partial charge >= 0.3 is 0 Å². The second-order valence-electron chi connectivity index (χ2n) is 4.42. The van der Waals surface area contributed by atoms with Crippen LogP contribution in [0.1, 0.15) is 13.8 Å². The van der Waals surface area contributed by atoms with E-state index in [4.69, 9.17) is 15.4 Å². The summed E-state index contributed by atoms with van der Waals surface area (Å²) in [6, 6.07) is 0.912. The van der Waals surface area contributed by atoms with Crippen molar-refractivity contribution in [3.05, 3.63) is 23.8 Å². The Labute approximate surface area is 126 Å². The summed E-state index contributed by atoms with van der Waals surface area (Å²) in [5.74, 6) is -3.67. The molecule has 120 valence electrons. The van der Waals surface area contributed by atoms with Crippen LogP contribution >= 0.6 is 10.7 Å². The van der Waals surface area contributed by atoms with Crippen molar-refractivity contribution in [1.29, 1.82) is 0 Å². The molecule has 0 aliphatic heterocycles. The first-order valence-electron chi connectivity index (χ1n) is 5.73. The Morgan fingerprint density at radius 2 is 1.76 bits per heavy atom. The van der Waals surface area contributed by atoms with E-state index in [2.05, 4.69) is 0 Å². The fourth-order valence-corrected chi connectivity index (χ4v) is 3.12. The molecular formula is C11H13ClF2O5S2. The lowest BCUT2D eigenvalue weighted by atomic mass is 10.3. The van der Waals surface area contributed by atoms with E-state index < -0.39 is 58.8 Å². The Kier molecular flexibility index (Phi) is 5.57. The molecule has 0 aromatic heterocycles. The van der Waals surface area contributed by atoms with Crippen molar-refractivity contribution < 1.29 is 30.4 Å². The predicted molar refractivity (Wildman–Crippen MR) is 73.8 cm³/mol. The van der Waals surface area contributed by atoms with E-state index in [0.717, 1.165) is 0 Å². The third-order valence-electron chi connectivity index (χ3n) is 2.57. The van der Waals surface area contributed by atoms with Crippen LogP contribution in [0.4, 0.5) is 8.78 Å². The number of hydrogen-bond acceptors (Lipinski definition) is 5. The highest BCUT2D eigenvalue weighted by atomic mass is 35.7. The maximum Gasteiger partial charge on any atom is 0.265 e. The highest BCUT2D eigenvalue weighted by molar-refractivity contribution is 8.13. The summed E-state index contributed by atoms with van der Waals surface area (Å²) in [6.07, 6.45) is 0. The second kappa shape index (κ2) is 6.45. The molecule has 0 aliphatic carbocycles. The van der Waals surface area contributed by atoms with Gasteiger partial charge in [-0.2, -0.15) is 0 Å². The van der Waals surface area contributed by atoms with Crippen LogP contribution in [0.25, 0.3) is 0 Å². The first kappa shape index (κ1) is 18.1. The first-order chi connectivity index (χ1) is 9.45. The molecule has 0 spiro atoms. The van der Waals surface area contributed by atoms with E-state index in [1.165, 1.54) is 13.8 Å². The second-order valence-corrected chi connectivity index (χ2v) is 9.63. The average molecular weight is 363 g/mol. The van der Waals surface area contributed by atoms with Crippen LogP contribution in [-0.2, 0) is 18.9 Å². The largest absolute Gasteiger partial charge is 0.488 e. The molecule has 0 radical (unpaired) electrons. The molecule has 1 rings (SSSR count). The standard InChI is InChI=1S/C11H13ClF2O5S2/c1-7(2)20(15,16)4-3-19-11-9(14)5-8(13)6-10(11)21(12,17)18/h5-7H,3-4H2,1-2H3. The van der Waals surface area contributed by atoms with Gasteiger partial charge < -0.3 is 4.74 Å². The van der Waals surface area contributed by atoms with Gasteiger partial charge in [-0.1, -0.05) is 0 Å². The molecule has 10 heteroatoms. The number of halogens is 3. The van der Waals surface area contributed by atoms with Gasteiger partial charge in [0.15, 0.2) is 21.4 Å². The summed E-state index contributed by atoms with van der Waals surface area (Å²) in [7, 11) is -2.82. The van der Waals surface area contributed by atoms with Crippen molar-refractivity contribution in [1.82, 2.24) is 0 Å². The molecule has 0 atom stereocenters. The molecule has 1 aromatic carbocycles. The summed E-state index contributed by atoms with van der Waals surface area (Å²) in [5, 5.41) is -0.657. The Bertz CT molecular complexity index is 729. The van der Waals surface area contributed by atoms with E-state index in [0.29, 0.717) is 12.1 Å². The van der Waals surface area contributed by atoms with Gasteiger partial charge in [0.05, 0.1) is 11.0 Å². The molecule has 0 saturated carbocycles. The summed E-state index contributed by atoms with van der Waals surface area (Å²) >= 11 is 0. The molecule has 0 N–H and O–H groups in total. The molecule has 5 nitrogen and oxygen atoms in total. The van der Waals surface area contributed by atoms with Crippen LogP contribution in [0.2, 0.25) is 0 Å². The lowest BCUT2D eigenvalue weighted by Gasteiger charge is -2.12. The van der Waals surface area contributed by atoms with E-state index >= 15 is 0 Å². The van der Waals surface area contributed by atoms with E-state index in [9.17, 15) is 25.6 Å². The quantitative estimate of drug-likeness (QED) is 0.724. The van der Waals surface area contributed by atoms with E-state index in [1.54, 1.807) is 0 Å². The fraction of sp³-hybridized carbons (Fsp3) is 0.455. The van der Waals surface area contributed by atoms with Crippen molar-refractivity contribution in [2.45, 2.75) is 24.0 Å². The Balaban J connectivity index is 3.05. The number of hydrogen-bond donors (Lipinski definition) is 0. The molecule has 0 heterocycles. The smallest absolute Gasteiger partial charge is 0.265 e. The molecule has 21 heavy (non-hydrogen) atoms. The van der Waals surface area contributed by atoms with Crippen molar-refractivity contribution >= 4 is 29.6 Å².